The van der Waals surface area contributed by atoms with Gasteiger partial charge in [0, 0.05) is 11.1 Å². The van der Waals surface area contributed by atoms with Crippen LogP contribution in [-0.2, 0) is 9.84 Å². The topological polar surface area (TPSA) is 69.2 Å². The fourth-order valence-corrected chi connectivity index (χ4v) is 3.54. The Hall–Kier alpha value is -2.16. The number of hydrogen-bond donors (Lipinski definition) is 0. The predicted molar refractivity (Wildman–Crippen MR) is 95.7 cm³/mol. The fraction of sp³-hybridized carbons (Fsp3) is 0.444. The standard InChI is InChI=1S/C18H21F3N2O3S/c1-5-27(24,25)15-8-11(2)6-7-14(15)16-12(3)17(23-10-22-16)26-9-18(20,21)13(4)19/h6-8,10,13H,5,9H2,1-4H3. The lowest BCUT2D eigenvalue weighted by molar-refractivity contribution is -0.0950. The van der Waals surface area contributed by atoms with Crippen LogP contribution in [0.25, 0.3) is 11.3 Å². The number of ether oxygens (including phenoxy) is 1. The SMILES string of the molecule is CCS(=O)(=O)c1cc(C)ccc1-c1ncnc(OCC(F)(F)C(C)F)c1C. The molecule has 1 unspecified atom stereocenters. The normalized spacial score (nSPS) is 13.4. The number of sulfone groups is 1. The van der Waals surface area contributed by atoms with Crippen molar-refractivity contribution in [2.24, 2.45) is 0 Å². The molecule has 0 bridgehead atoms. The Morgan fingerprint density at radius 3 is 2.48 bits per heavy atom. The summed E-state index contributed by atoms with van der Waals surface area (Å²) in [6, 6.07) is 4.87. The second-order valence-corrected chi connectivity index (χ2v) is 8.47. The van der Waals surface area contributed by atoms with Crippen molar-refractivity contribution in [1.29, 1.82) is 0 Å². The average molecular weight is 402 g/mol. The lowest BCUT2D eigenvalue weighted by atomic mass is 10.1. The van der Waals surface area contributed by atoms with Crippen molar-refractivity contribution in [3.05, 3.63) is 35.7 Å². The van der Waals surface area contributed by atoms with E-state index >= 15 is 0 Å². The summed E-state index contributed by atoms with van der Waals surface area (Å²) in [5.74, 6) is -3.92. The van der Waals surface area contributed by atoms with E-state index in [-0.39, 0.29) is 27.8 Å². The highest BCUT2D eigenvalue weighted by molar-refractivity contribution is 7.91. The first-order valence-electron chi connectivity index (χ1n) is 8.29. The highest BCUT2D eigenvalue weighted by Gasteiger charge is 2.38. The summed E-state index contributed by atoms with van der Waals surface area (Å²) < 4.78 is 69.8. The van der Waals surface area contributed by atoms with Gasteiger partial charge in [-0.15, -0.1) is 0 Å². The Balaban J connectivity index is 2.51. The zero-order valence-electron chi connectivity index (χ0n) is 15.5. The van der Waals surface area contributed by atoms with Crippen molar-refractivity contribution in [1.82, 2.24) is 9.97 Å². The minimum absolute atomic E-state index is 0.0976. The molecule has 9 heteroatoms. The molecular formula is C18H21F3N2O3S. The van der Waals surface area contributed by atoms with Crippen LogP contribution in [-0.4, -0.2) is 42.8 Å². The van der Waals surface area contributed by atoms with Crippen LogP contribution in [0.15, 0.2) is 29.4 Å². The highest BCUT2D eigenvalue weighted by Crippen LogP contribution is 2.33. The molecule has 0 aliphatic carbocycles. The molecule has 1 heterocycles. The van der Waals surface area contributed by atoms with Gasteiger partial charge < -0.3 is 4.74 Å². The fourth-order valence-electron chi connectivity index (χ4n) is 2.37. The number of aryl methyl sites for hydroxylation is 1. The van der Waals surface area contributed by atoms with Crippen LogP contribution >= 0.6 is 0 Å². The third kappa shape index (κ3) is 4.58. The molecule has 1 atom stereocenters. The Morgan fingerprint density at radius 2 is 1.89 bits per heavy atom. The van der Waals surface area contributed by atoms with E-state index in [2.05, 4.69) is 9.97 Å². The van der Waals surface area contributed by atoms with E-state index in [4.69, 9.17) is 4.74 Å². The van der Waals surface area contributed by atoms with Gasteiger partial charge in [-0.05, 0) is 32.4 Å². The van der Waals surface area contributed by atoms with Gasteiger partial charge in [0.15, 0.2) is 22.6 Å². The van der Waals surface area contributed by atoms with E-state index in [0.29, 0.717) is 5.56 Å². The van der Waals surface area contributed by atoms with Gasteiger partial charge in [0.05, 0.1) is 16.3 Å². The van der Waals surface area contributed by atoms with Gasteiger partial charge in [0.25, 0.3) is 0 Å². The quantitative estimate of drug-likeness (QED) is 0.702. The third-order valence-corrected chi connectivity index (χ3v) is 5.90. The van der Waals surface area contributed by atoms with E-state index in [1.54, 1.807) is 19.1 Å². The molecular weight excluding hydrogens is 381 g/mol. The van der Waals surface area contributed by atoms with Gasteiger partial charge in [0.2, 0.25) is 5.88 Å². The lowest BCUT2D eigenvalue weighted by Crippen LogP contribution is -2.34. The summed E-state index contributed by atoms with van der Waals surface area (Å²) in [5.41, 5.74) is 1.63. The van der Waals surface area contributed by atoms with Crippen molar-refractivity contribution in [3.8, 4) is 17.1 Å². The molecule has 0 spiro atoms. The zero-order valence-corrected chi connectivity index (χ0v) is 16.3. The first kappa shape index (κ1) is 21.1. The Kier molecular flexibility index (Phi) is 6.14. The summed E-state index contributed by atoms with van der Waals surface area (Å²) in [6.45, 7) is 4.39. The van der Waals surface area contributed by atoms with Crippen molar-refractivity contribution in [2.45, 2.75) is 44.7 Å². The lowest BCUT2D eigenvalue weighted by Gasteiger charge is -2.19. The maximum atomic E-state index is 13.5. The van der Waals surface area contributed by atoms with E-state index in [9.17, 15) is 21.6 Å². The number of aromatic nitrogens is 2. The van der Waals surface area contributed by atoms with Gasteiger partial charge >= 0.3 is 5.92 Å². The number of hydrogen-bond acceptors (Lipinski definition) is 5. The maximum Gasteiger partial charge on any atom is 0.311 e. The molecule has 0 saturated carbocycles. The van der Waals surface area contributed by atoms with E-state index < -0.39 is 28.5 Å². The molecule has 0 saturated heterocycles. The van der Waals surface area contributed by atoms with Gasteiger partial charge in [-0.3, -0.25) is 0 Å². The first-order chi connectivity index (χ1) is 12.5. The second-order valence-electron chi connectivity index (χ2n) is 6.22. The minimum atomic E-state index is -3.67. The molecule has 0 N–H and O–H groups in total. The van der Waals surface area contributed by atoms with Crippen LogP contribution in [0.2, 0.25) is 0 Å². The monoisotopic (exact) mass is 402 g/mol. The minimum Gasteiger partial charge on any atom is -0.471 e. The summed E-state index contributed by atoms with van der Waals surface area (Å²) in [6.07, 6.45) is -1.28. The molecule has 0 fully saturated rings. The van der Waals surface area contributed by atoms with E-state index in [1.807, 2.05) is 0 Å². The van der Waals surface area contributed by atoms with Crippen LogP contribution in [0.4, 0.5) is 13.2 Å². The number of nitrogens with zero attached hydrogens (tertiary/aromatic N) is 2. The van der Waals surface area contributed by atoms with Gasteiger partial charge in [0.1, 0.15) is 6.33 Å². The Labute approximate surface area is 156 Å². The smallest absolute Gasteiger partial charge is 0.311 e. The Morgan fingerprint density at radius 1 is 1.22 bits per heavy atom. The number of alkyl halides is 3. The molecule has 2 aromatic rings. The largest absolute Gasteiger partial charge is 0.471 e. The summed E-state index contributed by atoms with van der Waals surface area (Å²) in [4.78, 5) is 8.03. The van der Waals surface area contributed by atoms with Crippen LogP contribution in [0.5, 0.6) is 5.88 Å². The molecule has 1 aromatic heterocycles. The number of benzene rings is 1. The average Bonchev–Trinajstić information content (AvgIpc) is 2.61. The van der Waals surface area contributed by atoms with Crippen LogP contribution in [0.1, 0.15) is 25.0 Å². The molecule has 0 aliphatic rings. The Bertz CT molecular complexity index is 931. The third-order valence-electron chi connectivity index (χ3n) is 4.13. The van der Waals surface area contributed by atoms with Gasteiger partial charge in [-0.1, -0.05) is 19.1 Å². The molecule has 148 valence electrons. The van der Waals surface area contributed by atoms with Crippen molar-refractivity contribution in [3.63, 3.8) is 0 Å². The second kappa shape index (κ2) is 7.84. The van der Waals surface area contributed by atoms with Crippen LogP contribution in [0, 0.1) is 13.8 Å². The first-order valence-corrected chi connectivity index (χ1v) is 9.95. The van der Waals surface area contributed by atoms with Gasteiger partial charge in [-0.25, -0.2) is 22.8 Å². The zero-order chi connectivity index (χ0) is 20.4. The van der Waals surface area contributed by atoms with Crippen LogP contribution < -0.4 is 4.74 Å². The maximum absolute atomic E-state index is 13.5. The molecule has 27 heavy (non-hydrogen) atoms. The van der Waals surface area contributed by atoms with Gasteiger partial charge in [-0.2, -0.15) is 8.78 Å². The van der Waals surface area contributed by atoms with Crippen molar-refractivity contribution < 1.29 is 26.3 Å². The highest BCUT2D eigenvalue weighted by atomic mass is 32.2. The molecule has 0 amide bonds. The molecule has 2 rings (SSSR count). The van der Waals surface area contributed by atoms with Crippen LogP contribution in [0.3, 0.4) is 0 Å². The summed E-state index contributed by atoms with van der Waals surface area (Å²) >= 11 is 0. The molecule has 5 nitrogen and oxygen atoms in total. The van der Waals surface area contributed by atoms with Crippen molar-refractivity contribution >= 4 is 9.84 Å². The molecule has 0 aliphatic heterocycles. The molecule has 0 radical (unpaired) electrons. The summed E-state index contributed by atoms with van der Waals surface area (Å²) in [7, 11) is -3.55. The molecule has 1 aromatic carbocycles. The number of halogens is 3. The number of rotatable bonds is 7. The van der Waals surface area contributed by atoms with E-state index in [1.165, 1.54) is 19.9 Å². The summed E-state index contributed by atoms with van der Waals surface area (Å²) in [5, 5.41) is 0. The van der Waals surface area contributed by atoms with E-state index in [0.717, 1.165) is 18.8 Å². The predicted octanol–water partition coefficient (Wildman–Crippen LogP) is 3.93. The van der Waals surface area contributed by atoms with Crippen molar-refractivity contribution in [2.75, 3.05) is 12.4 Å².